The van der Waals surface area contributed by atoms with Gasteiger partial charge in [-0.1, -0.05) is 13.2 Å². The zero-order chi connectivity index (χ0) is 13.2. The predicted molar refractivity (Wildman–Crippen MR) is 68.1 cm³/mol. The van der Waals surface area contributed by atoms with Gasteiger partial charge in [0, 0.05) is 12.8 Å². The van der Waals surface area contributed by atoms with Crippen molar-refractivity contribution in [2.45, 2.75) is 50.1 Å². The van der Waals surface area contributed by atoms with E-state index in [1.165, 1.54) is 12.5 Å². The van der Waals surface area contributed by atoms with E-state index in [0.717, 1.165) is 12.8 Å². The van der Waals surface area contributed by atoms with Gasteiger partial charge in [-0.25, -0.2) is 0 Å². The number of ether oxygens (including phenoxy) is 4. The van der Waals surface area contributed by atoms with E-state index in [0.29, 0.717) is 13.2 Å². The molecule has 102 valence electrons. The molecule has 0 amide bonds. The maximum absolute atomic E-state index is 5.88. The van der Waals surface area contributed by atoms with Gasteiger partial charge >= 0.3 is 0 Å². The molecule has 2 aliphatic rings. The summed E-state index contributed by atoms with van der Waals surface area (Å²) in [6.45, 7) is 12.3. The van der Waals surface area contributed by atoms with E-state index in [1.54, 1.807) is 0 Å². The molecule has 0 spiro atoms. The Morgan fingerprint density at radius 3 is 1.67 bits per heavy atom. The van der Waals surface area contributed by atoms with Crippen LogP contribution in [0.4, 0.5) is 0 Å². The first-order valence-corrected chi connectivity index (χ1v) is 6.31. The van der Waals surface area contributed by atoms with Crippen molar-refractivity contribution in [1.82, 2.24) is 0 Å². The highest BCUT2D eigenvalue weighted by molar-refractivity contribution is 4.97. The minimum atomic E-state index is -0.337. The zero-order valence-corrected chi connectivity index (χ0v) is 11.2. The molecule has 2 fully saturated rings. The van der Waals surface area contributed by atoms with Gasteiger partial charge in [-0.2, -0.15) is 0 Å². The summed E-state index contributed by atoms with van der Waals surface area (Å²) in [5, 5.41) is 0. The lowest BCUT2D eigenvalue weighted by Crippen LogP contribution is -2.57. The van der Waals surface area contributed by atoms with Gasteiger partial charge in [-0.05, 0) is 13.8 Å². The van der Waals surface area contributed by atoms with Crippen LogP contribution < -0.4 is 0 Å². The van der Waals surface area contributed by atoms with Crippen LogP contribution in [0.1, 0.15) is 26.7 Å². The molecule has 0 bridgehead atoms. The number of rotatable bonds is 4. The maximum atomic E-state index is 5.88. The van der Waals surface area contributed by atoms with Crippen molar-refractivity contribution < 1.29 is 18.9 Å². The highest BCUT2D eigenvalue weighted by Gasteiger charge is 2.47. The number of hydrogen-bond donors (Lipinski definition) is 0. The third-order valence-electron chi connectivity index (χ3n) is 3.62. The highest BCUT2D eigenvalue weighted by atomic mass is 16.6. The monoisotopic (exact) mass is 254 g/mol. The average molecular weight is 254 g/mol. The van der Waals surface area contributed by atoms with Gasteiger partial charge in [0.25, 0.3) is 0 Å². The summed E-state index contributed by atoms with van der Waals surface area (Å²) >= 11 is 0. The Labute approximate surface area is 109 Å². The molecule has 0 aromatic carbocycles. The Morgan fingerprint density at radius 2 is 1.33 bits per heavy atom. The molecule has 2 rings (SSSR count). The molecular weight excluding hydrogens is 232 g/mol. The molecule has 2 heterocycles. The van der Waals surface area contributed by atoms with Crippen LogP contribution in [0.15, 0.2) is 25.7 Å². The molecule has 2 saturated heterocycles. The van der Waals surface area contributed by atoms with Crippen LogP contribution in [0.5, 0.6) is 0 Å². The summed E-state index contributed by atoms with van der Waals surface area (Å²) in [6, 6.07) is 0. The highest BCUT2D eigenvalue weighted by Crippen LogP contribution is 2.37. The molecule has 4 nitrogen and oxygen atoms in total. The van der Waals surface area contributed by atoms with Crippen molar-refractivity contribution in [3.05, 3.63) is 25.7 Å². The summed E-state index contributed by atoms with van der Waals surface area (Å²) in [5.74, 6) is 0. The minimum absolute atomic E-state index is 0.0604. The molecule has 0 aromatic heterocycles. The van der Waals surface area contributed by atoms with Gasteiger partial charge in [0.1, 0.15) is 11.2 Å². The summed E-state index contributed by atoms with van der Waals surface area (Å²) in [5.41, 5.74) is -0.675. The van der Waals surface area contributed by atoms with E-state index < -0.39 is 0 Å². The van der Waals surface area contributed by atoms with E-state index in [4.69, 9.17) is 18.9 Å². The lowest BCUT2D eigenvalue weighted by atomic mass is 9.85. The second-order valence-electron chi connectivity index (χ2n) is 5.58. The van der Waals surface area contributed by atoms with Crippen LogP contribution in [-0.4, -0.2) is 36.6 Å². The first-order valence-electron chi connectivity index (χ1n) is 6.31. The van der Waals surface area contributed by atoms with E-state index in [9.17, 15) is 0 Å². The van der Waals surface area contributed by atoms with Gasteiger partial charge in [-0.3, -0.25) is 0 Å². The minimum Gasteiger partial charge on any atom is -0.493 e. The lowest BCUT2D eigenvalue weighted by Gasteiger charge is -2.48. The number of fused-ring (bicyclic) bond motifs is 1. The zero-order valence-electron chi connectivity index (χ0n) is 11.2. The Bertz CT molecular complexity index is 298. The fraction of sp³-hybridized carbons (Fsp3) is 0.714. The quantitative estimate of drug-likeness (QED) is 0.722. The third-order valence-corrected chi connectivity index (χ3v) is 3.62. The Kier molecular flexibility index (Phi) is 3.69. The van der Waals surface area contributed by atoms with E-state index in [-0.39, 0.29) is 23.4 Å². The van der Waals surface area contributed by atoms with Crippen LogP contribution in [0.25, 0.3) is 0 Å². The largest absolute Gasteiger partial charge is 0.493 e. The lowest BCUT2D eigenvalue weighted by molar-refractivity contribution is -0.236. The molecule has 18 heavy (non-hydrogen) atoms. The van der Waals surface area contributed by atoms with Crippen molar-refractivity contribution in [3.8, 4) is 0 Å². The second-order valence-corrected chi connectivity index (χ2v) is 5.58. The topological polar surface area (TPSA) is 36.9 Å². The van der Waals surface area contributed by atoms with Crippen LogP contribution in [0.2, 0.25) is 0 Å². The second kappa shape index (κ2) is 4.94. The Balaban J connectivity index is 1.99. The van der Waals surface area contributed by atoms with Gasteiger partial charge in [0.2, 0.25) is 0 Å². The average Bonchev–Trinajstić information content (AvgIpc) is 2.30. The summed E-state index contributed by atoms with van der Waals surface area (Å²) in [6.07, 6.45) is 4.69. The first kappa shape index (κ1) is 13.4. The van der Waals surface area contributed by atoms with E-state index >= 15 is 0 Å². The predicted octanol–water partition coefficient (Wildman–Crippen LogP) is 2.40. The van der Waals surface area contributed by atoms with Gasteiger partial charge < -0.3 is 18.9 Å². The first-order chi connectivity index (χ1) is 8.50. The van der Waals surface area contributed by atoms with Crippen molar-refractivity contribution in [2.24, 2.45) is 0 Å². The Morgan fingerprint density at radius 1 is 0.944 bits per heavy atom. The standard InChI is InChI=1S/C14H22O4/c1-5-17-13(3)7-11-12(15-9-13)8-14(4,10-16-11)18-6-2/h5-6,11-12H,1-2,7-10H2,3-4H3/t11-,12?,13+,14+/m0/s1. The molecule has 0 radical (unpaired) electrons. The molecule has 1 unspecified atom stereocenters. The van der Waals surface area contributed by atoms with Crippen LogP contribution in [0, 0.1) is 0 Å². The normalized spacial score (nSPS) is 43.7. The molecule has 4 atom stereocenters. The SMILES string of the molecule is C=CO[C@@]1(C)CO[C@H]2C[C@@](C)(OC=C)COC2C1. The molecule has 2 aliphatic heterocycles. The fourth-order valence-corrected chi connectivity index (χ4v) is 2.70. The summed E-state index contributed by atoms with van der Waals surface area (Å²) < 4.78 is 22.8. The van der Waals surface area contributed by atoms with Crippen molar-refractivity contribution >= 4 is 0 Å². The van der Waals surface area contributed by atoms with E-state index in [2.05, 4.69) is 13.2 Å². The van der Waals surface area contributed by atoms with Crippen LogP contribution >= 0.6 is 0 Å². The maximum Gasteiger partial charge on any atom is 0.131 e. The van der Waals surface area contributed by atoms with E-state index in [1.807, 2.05) is 13.8 Å². The summed E-state index contributed by atoms with van der Waals surface area (Å²) in [4.78, 5) is 0. The molecule has 4 heteroatoms. The van der Waals surface area contributed by atoms with Gasteiger partial charge in [-0.15, -0.1) is 0 Å². The van der Waals surface area contributed by atoms with Crippen molar-refractivity contribution in [3.63, 3.8) is 0 Å². The van der Waals surface area contributed by atoms with Crippen molar-refractivity contribution in [1.29, 1.82) is 0 Å². The van der Waals surface area contributed by atoms with Crippen LogP contribution in [0.3, 0.4) is 0 Å². The molecule has 0 saturated carbocycles. The van der Waals surface area contributed by atoms with Gasteiger partial charge in [0.15, 0.2) is 0 Å². The van der Waals surface area contributed by atoms with Crippen LogP contribution in [-0.2, 0) is 18.9 Å². The summed E-state index contributed by atoms with van der Waals surface area (Å²) in [7, 11) is 0. The number of hydrogen-bond acceptors (Lipinski definition) is 4. The molecule has 0 N–H and O–H groups in total. The van der Waals surface area contributed by atoms with Gasteiger partial charge in [0.05, 0.1) is 37.9 Å². The fourth-order valence-electron chi connectivity index (χ4n) is 2.70. The van der Waals surface area contributed by atoms with Crippen molar-refractivity contribution in [2.75, 3.05) is 13.2 Å². The molecule has 0 aromatic rings. The third kappa shape index (κ3) is 2.70. The Hall–Kier alpha value is -1.00. The smallest absolute Gasteiger partial charge is 0.131 e. The molecular formula is C14H22O4. The molecule has 0 aliphatic carbocycles.